The third kappa shape index (κ3) is 4.39. The molecular weight excluding hydrogens is 352 g/mol. The molecule has 0 bridgehead atoms. The number of piperidine rings is 1. The van der Waals surface area contributed by atoms with Crippen LogP contribution in [0.2, 0.25) is 0 Å². The van der Waals surface area contributed by atoms with Gasteiger partial charge in [-0.3, -0.25) is 4.98 Å². The molecule has 1 aliphatic rings. The fourth-order valence-electron chi connectivity index (χ4n) is 3.43. The monoisotopic (exact) mass is 378 g/mol. The topological polar surface area (TPSA) is 69.2 Å². The number of benzene rings is 1. The lowest BCUT2D eigenvalue weighted by Gasteiger charge is -2.22. The first-order chi connectivity index (χ1) is 13.7. The van der Waals surface area contributed by atoms with Crippen molar-refractivity contribution in [3.8, 4) is 22.9 Å². The predicted octanol–water partition coefficient (Wildman–Crippen LogP) is 3.86. The summed E-state index contributed by atoms with van der Waals surface area (Å²) in [7, 11) is 0. The third-order valence-corrected chi connectivity index (χ3v) is 4.80. The Morgan fingerprint density at radius 3 is 2.71 bits per heavy atom. The number of fused-ring (bicyclic) bond motifs is 1. The van der Waals surface area contributed by atoms with Crippen molar-refractivity contribution < 1.29 is 9.47 Å². The van der Waals surface area contributed by atoms with E-state index in [4.69, 9.17) is 14.5 Å². The van der Waals surface area contributed by atoms with E-state index >= 15 is 0 Å². The van der Waals surface area contributed by atoms with Crippen molar-refractivity contribution in [2.24, 2.45) is 5.92 Å². The van der Waals surface area contributed by atoms with E-state index in [1.165, 1.54) is 12.8 Å². The molecule has 1 fully saturated rings. The fraction of sp³-hybridized carbons (Fsp3) is 0.409. The quantitative estimate of drug-likeness (QED) is 0.702. The summed E-state index contributed by atoms with van der Waals surface area (Å²) in [5.74, 6) is 1.90. The molecule has 6 heteroatoms. The molecule has 0 saturated carbocycles. The molecule has 28 heavy (non-hydrogen) atoms. The maximum atomic E-state index is 6.12. The Kier molecular flexibility index (Phi) is 5.67. The second-order valence-electron chi connectivity index (χ2n) is 7.45. The van der Waals surface area contributed by atoms with Crippen molar-refractivity contribution in [3.05, 3.63) is 42.7 Å². The molecule has 0 aliphatic carbocycles. The second-order valence-corrected chi connectivity index (χ2v) is 7.45. The van der Waals surface area contributed by atoms with Crippen LogP contribution in [0.5, 0.6) is 11.6 Å². The highest BCUT2D eigenvalue weighted by Gasteiger charge is 2.16. The van der Waals surface area contributed by atoms with Gasteiger partial charge in [-0.05, 0) is 63.6 Å². The van der Waals surface area contributed by atoms with Crippen molar-refractivity contribution in [2.45, 2.75) is 32.8 Å². The summed E-state index contributed by atoms with van der Waals surface area (Å²) in [6, 6.07) is 9.90. The first kappa shape index (κ1) is 18.6. The van der Waals surface area contributed by atoms with Crippen LogP contribution in [-0.2, 0) is 0 Å². The molecule has 146 valence electrons. The molecule has 1 N–H and O–H groups in total. The number of pyridine rings is 1. The van der Waals surface area contributed by atoms with Crippen LogP contribution in [0, 0.1) is 5.92 Å². The molecule has 3 aromatic rings. The molecule has 2 aromatic heterocycles. The number of hydrogen-bond acceptors (Lipinski definition) is 6. The Balaban J connectivity index is 1.61. The zero-order valence-electron chi connectivity index (χ0n) is 16.4. The molecule has 1 aromatic carbocycles. The van der Waals surface area contributed by atoms with E-state index in [1.807, 2.05) is 44.2 Å². The van der Waals surface area contributed by atoms with Gasteiger partial charge in [-0.25, -0.2) is 9.97 Å². The van der Waals surface area contributed by atoms with E-state index in [2.05, 4.69) is 15.3 Å². The first-order valence-electron chi connectivity index (χ1n) is 9.91. The molecule has 0 spiro atoms. The Morgan fingerprint density at radius 1 is 1.14 bits per heavy atom. The lowest BCUT2D eigenvalue weighted by molar-refractivity contribution is 0.214. The van der Waals surface area contributed by atoms with Gasteiger partial charge < -0.3 is 14.8 Å². The van der Waals surface area contributed by atoms with E-state index < -0.39 is 0 Å². The molecule has 1 aliphatic heterocycles. The van der Waals surface area contributed by atoms with Gasteiger partial charge >= 0.3 is 0 Å². The minimum Gasteiger partial charge on any atom is -0.491 e. The Hall–Kier alpha value is -2.73. The van der Waals surface area contributed by atoms with Gasteiger partial charge in [0.1, 0.15) is 5.75 Å². The fourth-order valence-corrected chi connectivity index (χ4v) is 3.43. The Bertz CT molecular complexity index is 921. The van der Waals surface area contributed by atoms with Crippen molar-refractivity contribution >= 4 is 11.0 Å². The standard InChI is InChI=1S/C22H26N4O2/c1-15(2)28-18-7-5-17(6-8-18)19-12-20-21(25-11-10-24-20)22(26-19)27-14-16-4-3-9-23-13-16/h5-8,10-12,15-16,23H,3-4,9,13-14H2,1-2H3. The largest absolute Gasteiger partial charge is 0.491 e. The number of hydrogen-bond donors (Lipinski definition) is 1. The zero-order chi connectivity index (χ0) is 19.3. The van der Waals surface area contributed by atoms with E-state index in [0.717, 1.165) is 35.6 Å². The smallest absolute Gasteiger partial charge is 0.242 e. The van der Waals surface area contributed by atoms with E-state index in [1.54, 1.807) is 12.4 Å². The number of ether oxygens (including phenoxy) is 2. The summed E-state index contributed by atoms with van der Waals surface area (Å²) in [6.07, 6.45) is 5.88. The van der Waals surface area contributed by atoms with E-state index in [-0.39, 0.29) is 6.10 Å². The van der Waals surface area contributed by atoms with Crippen molar-refractivity contribution in [1.82, 2.24) is 20.3 Å². The van der Waals surface area contributed by atoms with Gasteiger partial charge in [-0.2, -0.15) is 0 Å². The first-order valence-corrected chi connectivity index (χ1v) is 9.91. The molecule has 1 atom stereocenters. The van der Waals surface area contributed by atoms with Crippen LogP contribution in [0.15, 0.2) is 42.7 Å². The van der Waals surface area contributed by atoms with Crippen LogP contribution < -0.4 is 14.8 Å². The van der Waals surface area contributed by atoms with E-state index in [0.29, 0.717) is 23.9 Å². The minimum absolute atomic E-state index is 0.147. The van der Waals surface area contributed by atoms with E-state index in [9.17, 15) is 0 Å². The molecule has 1 unspecified atom stereocenters. The molecule has 4 rings (SSSR count). The summed E-state index contributed by atoms with van der Waals surface area (Å²) in [5.41, 5.74) is 3.30. The Morgan fingerprint density at radius 2 is 1.96 bits per heavy atom. The average molecular weight is 378 g/mol. The summed E-state index contributed by atoms with van der Waals surface area (Å²) in [6.45, 7) is 6.75. The highest BCUT2D eigenvalue weighted by atomic mass is 16.5. The van der Waals surface area contributed by atoms with Gasteiger partial charge in [0.15, 0.2) is 5.52 Å². The second kappa shape index (κ2) is 8.52. The van der Waals surface area contributed by atoms with Gasteiger partial charge in [-0.1, -0.05) is 0 Å². The highest BCUT2D eigenvalue weighted by molar-refractivity contribution is 5.83. The van der Waals surface area contributed by atoms with Gasteiger partial charge in [0.05, 0.1) is 23.9 Å². The zero-order valence-corrected chi connectivity index (χ0v) is 16.4. The maximum absolute atomic E-state index is 6.12. The summed E-state index contributed by atoms with van der Waals surface area (Å²) in [5, 5.41) is 3.42. The predicted molar refractivity (Wildman–Crippen MR) is 110 cm³/mol. The number of nitrogens with one attached hydrogen (secondary N) is 1. The molecule has 3 heterocycles. The van der Waals surface area contributed by atoms with Crippen molar-refractivity contribution in [1.29, 1.82) is 0 Å². The van der Waals surface area contributed by atoms with Crippen molar-refractivity contribution in [3.63, 3.8) is 0 Å². The summed E-state index contributed by atoms with van der Waals surface area (Å²) in [4.78, 5) is 13.7. The third-order valence-electron chi connectivity index (χ3n) is 4.80. The summed E-state index contributed by atoms with van der Waals surface area (Å²) >= 11 is 0. The summed E-state index contributed by atoms with van der Waals surface area (Å²) < 4.78 is 11.9. The number of nitrogens with zero attached hydrogens (tertiary/aromatic N) is 3. The van der Waals surface area contributed by atoms with Gasteiger partial charge in [0.25, 0.3) is 0 Å². The normalized spacial score (nSPS) is 17.0. The molecule has 0 amide bonds. The van der Waals surface area contributed by atoms with Crippen LogP contribution in [0.4, 0.5) is 0 Å². The molecular formula is C22H26N4O2. The highest BCUT2D eigenvalue weighted by Crippen LogP contribution is 2.28. The van der Waals surface area contributed by atoms with Gasteiger partial charge in [0, 0.05) is 30.4 Å². The van der Waals surface area contributed by atoms with Crippen LogP contribution >= 0.6 is 0 Å². The van der Waals surface area contributed by atoms with Crippen LogP contribution in [0.1, 0.15) is 26.7 Å². The van der Waals surface area contributed by atoms with Gasteiger partial charge in [0.2, 0.25) is 5.88 Å². The lowest BCUT2D eigenvalue weighted by Crippen LogP contribution is -2.33. The number of rotatable bonds is 6. The molecule has 0 radical (unpaired) electrons. The maximum Gasteiger partial charge on any atom is 0.242 e. The van der Waals surface area contributed by atoms with Crippen molar-refractivity contribution in [2.75, 3.05) is 19.7 Å². The SMILES string of the molecule is CC(C)Oc1ccc(-c2cc3nccnc3c(OCC3CCCNC3)n2)cc1. The Labute approximate surface area is 165 Å². The minimum atomic E-state index is 0.147. The van der Waals surface area contributed by atoms with Crippen LogP contribution in [-0.4, -0.2) is 40.8 Å². The molecule has 1 saturated heterocycles. The average Bonchev–Trinajstić information content (AvgIpc) is 2.73. The lowest BCUT2D eigenvalue weighted by atomic mass is 10.0. The molecule has 6 nitrogen and oxygen atoms in total. The van der Waals surface area contributed by atoms with Crippen LogP contribution in [0.25, 0.3) is 22.3 Å². The van der Waals surface area contributed by atoms with Gasteiger partial charge in [-0.15, -0.1) is 0 Å². The number of aromatic nitrogens is 3. The van der Waals surface area contributed by atoms with Crippen LogP contribution in [0.3, 0.4) is 0 Å².